The number of nitriles is 1. The van der Waals surface area contributed by atoms with Crippen LogP contribution in [-0.4, -0.2) is 9.97 Å². The maximum Gasteiger partial charge on any atom is 0.108 e. The van der Waals surface area contributed by atoms with Crippen LogP contribution in [0.25, 0.3) is 0 Å². The molecule has 1 aliphatic rings. The quantitative estimate of drug-likeness (QED) is 0.454. The second-order valence-corrected chi connectivity index (χ2v) is 5.67. The Balaban J connectivity index is 2.51. The van der Waals surface area contributed by atoms with Gasteiger partial charge in [-0.25, -0.2) is 0 Å². The third-order valence-corrected chi connectivity index (χ3v) is 3.99. The molecule has 0 saturated heterocycles. The molecule has 2 N–H and O–H groups in total. The number of nitrogens with two attached hydrogens (primary N) is 1. The van der Waals surface area contributed by atoms with Gasteiger partial charge in [0.1, 0.15) is 3.42 Å². The smallest absolute Gasteiger partial charge is 0.108 e. The summed E-state index contributed by atoms with van der Waals surface area (Å²) in [4.78, 5) is 0. The van der Waals surface area contributed by atoms with Crippen LogP contribution < -0.4 is 5.73 Å². The first kappa shape index (κ1) is 10.3. The lowest BCUT2D eigenvalue weighted by Gasteiger charge is -2.15. The Morgan fingerprint density at radius 3 is 2.83 bits per heavy atom. The van der Waals surface area contributed by atoms with Crippen molar-refractivity contribution in [1.29, 1.82) is 5.26 Å². The van der Waals surface area contributed by atoms with E-state index in [9.17, 15) is 0 Å². The van der Waals surface area contributed by atoms with E-state index in [1.165, 1.54) is 12.8 Å². The molecule has 0 spiro atoms. The van der Waals surface area contributed by atoms with Crippen LogP contribution in [0.1, 0.15) is 32.1 Å². The summed E-state index contributed by atoms with van der Waals surface area (Å²) in [6.07, 6.45) is 5.57. The Morgan fingerprint density at radius 1 is 1.50 bits per heavy atom. The molecule has 0 amide bonds. The van der Waals surface area contributed by atoms with Gasteiger partial charge in [0, 0.05) is 0 Å². The first-order valence-electron chi connectivity index (χ1n) is 4.50. The molecular weight excluding hydrogens is 263 g/mol. The van der Waals surface area contributed by atoms with Crippen LogP contribution in [0.3, 0.4) is 0 Å². The highest BCUT2D eigenvalue weighted by molar-refractivity contribution is 14.1. The molecule has 0 aromatic carbocycles. The molecule has 2 unspecified atom stereocenters. The summed E-state index contributed by atoms with van der Waals surface area (Å²) in [6.45, 7) is 0.790. The molecule has 0 radical (unpaired) electrons. The SMILES string of the molecule is N#CC1(I)CCCC(CN)CC1. The number of alkyl halides is 1. The maximum atomic E-state index is 8.95. The van der Waals surface area contributed by atoms with Crippen LogP contribution in [0.4, 0.5) is 0 Å². The van der Waals surface area contributed by atoms with Crippen molar-refractivity contribution in [1.82, 2.24) is 0 Å². The molecule has 1 aliphatic carbocycles. The Hall–Kier alpha value is 0.180. The molecule has 0 bridgehead atoms. The van der Waals surface area contributed by atoms with E-state index in [0.717, 1.165) is 25.8 Å². The first-order valence-corrected chi connectivity index (χ1v) is 5.58. The second kappa shape index (κ2) is 4.43. The molecule has 1 saturated carbocycles. The minimum Gasteiger partial charge on any atom is -0.330 e. The van der Waals surface area contributed by atoms with Gasteiger partial charge in [-0.1, -0.05) is 29.0 Å². The number of hydrogen-bond acceptors (Lipinski definition) is 2. The van der Waals surface area contributed by atoms with Crippen LogP contribution in [-0.2, 0) is 0 Å². The van der Waals surface area contributed by atoms with E-state index < -0.39 is 0 Å². The summed E-state index contributed by atoms with van der Waals surface area (Å²) in [7, 11) is 0. The molecule has 3 heteroatoms. The highest BCUT2D eigenvalue weighted by atomic mass is 127. The minimum atomic E-state index is -0.0956. The third-order valence-electron chi connectivity index (χ3n) is 2.67. The highest BCUT2D eigenvalue weighted by Crippen LogP contribution is 2.36. The number of nitrogens with zero attached hydrogens (tertiary/aromatic N) is 1. The molecule has 68 valence electrons. The zero-order valence-electron chi connectivity index (χ0n) is 7.22. The summed E-state index contributed by atoms with van der Waals surface area (Å²) in [5, 5.41) is 8.95. The van der Waals surface area contributed by atoms with Crippen molar-refractivity contribution in [2.24, 2.45) is 11.7 Å². The fourth-order valence-electron chi connectivity index (χ4n) is 1.72. The van der Waals surface area contributed by atoms with Gasteiger partial charge in [0.05, 0.1) is 6.07 Å². The van der Waals surface area contributed by atoms with E-state index in [1.54, 1.807) is 0 Å². The molecular formula is C9H15IN2. The Bertz CT molecular complexity index is 187. The Morgan fingerprint density at radius 2 is 2.25 bits per heavy atom. The van der Waals surface area contributed by atoms with Crippen molar-refractivity contribution in [2.75, 3.05) is 6.54 Å². The molecule has 2 nitrogen and oxygen atoms in total. The molecule has 1 fully saturated rings. The van der Waals surface area contributed by atoms with Gasteiger partial charge in [-0.3, -0.25) is 0 Å². The van der Waals surface area contributed by atoms with Crippen LogP contribution in [0.15, 0.2) is 0 Å². The van der Waals surface area contributed by atoms with Gasteiger partial charge in [0.25, 0.3) is 0 Å². The van der Waals surface area contributed by atoms with Crippen molar-refractivity contribution >= 4 is 22.6 Å². The third kappa shape index (κ3) is 2.60. The summed E-state index contributed by atoms with van der Waals surface area (Å²) < 4.78 is -0.0956. The van der Waals surface area contributed by atoms with Crippen LogP contribution in [0.5, 0.6) is 0 Å². The van der Waals surface area contributed by atoms with E-state index in [4.69, 9.17) is 11.0 Å². The summed E-state index contributed by atoms with van der Waals surface area (Å²) in [6, 6.07) is 2.41. The van der Waals surface area contributed by atoms with Gasteiger partial charge in [-0.2, -0.15) is 5.26 Å². The molecule has 0 aromatic rings. The van der Waals surface area contributed by atoms with Gasteiger partial charge >= 0.3 is 0 Å². The lowest BCUT2D eigenvalue weighted by Crippen LogP contribution is -2.17. The minimum absolute atomic E-state index is 0.0956. The fraction of sp³-hybridized carbons (Fsp3) is 0.889. The van der Waals surface area contributed by atoms with E-state index in [-0.39, 0.29) is 3.42 Å². The Kier molecular flexibility index (Phi) is 3.78. The number of rotatable bonds is 1. The molecule has 1 rings (SSSR count). The van der Waals surface area contributed by atoms with Crippen molar-refractivity contribution in [3.8, 4) is 6.07 Å². The average molecular weight is 278 g/mol. The van der Waals surface area contributed by atoms with E-state index >= 15 is 0 Å². The molecule has 0 aromatic heterocycles. The van der Waals surface area contributed by atoms with Crippen molar-refractivity contribution in [3.63, 3.8) is 0 Å². The van der Waals surface area contributed by atoms with E-state index in [2.05, 4.69) is 28.7 Å². The molecule has 0 aliphatic heterocycles. The molecule has 2 atom stereocenters. The van der Waals surface area contributed by atoms with E-state index in [0.29, 0.717) is 5.92 Å². The van der Waals surface area contributed by atoms with Crippen LogP contribution in [0.2, 0.25) is 0 Å². The second-order valence-electron chi connectivity index (χ2n) is 3.61. The van der Waals surface area contributed by atoms with Crippen molar-refractivity contribution < 1.29 is 0 Å². The lowest BCUT2D eigenvalue weighted by molar-refractivity contribution is 0.470. The monoisotopic (exact) mass is 278 g/mol. The largest absolute Gasteiger partial charge is 0.330 e. The average Bonchev–Trinajstić information content (AvgIpc) is 2.28. The highest BCUT2D eigenvalue weighted by Gasteiger charge is 2.29. The zero-order chi connectivity index (χ0) is 9.03. The molecule has 12 heavy (non-hydrogen) atoms. The van der Waals surface area contributed by atoms with Gasteiger partial charge < -0.3 is 5.73 Å². The van der Waals surface area contributed by atoms with Gasteiger partial charge in [0.2, 0.25) is 0 Å². The van der Waals surface area contributed by atoms with Gasteiger partial charge in [0.15, 0.2) is 0 Å². The predicted octanol–water partition coefficient (Wildman–Crippen LogP) is 2.22. The zero-order valence-corrected chi connectivity index (χ0v) is 9.38. The van der Waals surface area contributed by atoms with E-state index in [1.807, 2.05) is 0 Å². The fourth-order valence-corrected chi connectivity index (χ4v) is 2.41. The topological polar surface area (TPSA) is 49.8 Å². The van der Waals surface area contributed by atoms with Gasteiger partial charge in [-0.15, -0.1) is 0 Å². The molecule has 0 heterocycles. The Labute approximate surface area is 87.6 Å². The van der Waals surface area contributed by atoms with Crippen molar-refractivity contribution in [3.05, 3.63) is 0 Å². The first-order chi connectivity index (χ1) is 5.70. The lowest BCUT2D eigenvalue weighted by atomic mass is 9.99. The number of halogens is 1. The van der Waals surface area contributed by atoms with Crippen LogP contribution >= 0.6 is 22.6 Å². The maximum absolute atomic E-state index is 8.95. The van der Waals surface area contributed by atoms with Crippen LogP contribution in [0, 0.1) is 17.2 Å². The predicted molar refractivity (Wildman–Crippen MR) is 58.0 cm³/mol. The summed E-state index contributed by atoms with van der Waals surface area (Å²) in [5.74, 6) is 0.662. The summed E-state index contributed by atoms with van der Waals surface area (Å²) in [5.41, 5.74) is 5.62. The summed E-state index contributed by atoms with van der Waals surface area (Å²) >= 11 is 2.30. The normalized spacial score (nSPS) is 36.9. The standard InChI is InChI=1S/C9H15IN2/c10-9(7-12)4-1-2-8(6-11)3-5-9/h8H,1-6,11H2. The number of hydrogen-bond donors (Lipinski definition) is 1. The van der Waals surface area contributed by atoms with Gasteiger partial charge in [-0.05, 0) is 38.1 Å². The van der Waals surface area contributed by atoms with Crippen molar-refractivity contribution in [2.45, 2.75) is 35.5 Å².